The molecule has 3 rings (SSSR count). The number of ether oxygens (including phenoxy) is 2. The summed E-state index contributed by atoms with van der Waals surface area (Å²) in [5.41, 5.74) is -0.0267. The van der Waals surface area contributed by atoms with Gasteiger partial charge in [0.2, 0.25) is 0 Å². The molecule has 0 unspecified atom stereocenters. The van der Waals surface area contributed by atoms with Gasteiger partial charge >= 0.3 is 12.1 Å². The minimum absolute atomic E-state index is 0.0245. The lowest BCUT2D eigenvalue weighted by Crippen LogP contribution is -2.33. The van der Waals surface area contributed by atoms with E-state index in [1.54, 1.807) is 31.5 Å². The molecule has 0 saturated carbocycles. The Morgan fingerprint density at radius 3 is 2.32 bits per heavy atom. The summed E-state index contributed by atoms with van der Waals surface area (Å²) in [6.07, 6.45) is -1.92. The third-order valence-corrected chi connectivity index (χ3v) is 5.19. The van der Waals surface area contributed by atoms with Crippen molar-refractivity contribution >= 4 is 34.9 Å². The van der Waals surface area contributed by atoms with Gasteiger partial charge in [-0.2, -0.15) is 13.2 Å². The van der Waals surface area contributed by atoms with Gasteiger partial charge in [-0.25, -0.2) is 13.6 Å². The van der Waals surface area contributed by atoms with Crippen molar-refractivity contribution in [1.29, 1.82) is 0 Å². The van der Waals surface area contributed by atoms with Crippen molar-refractivity contribution < 1.29 is 41.0 Å². The van der Waals surface area contributed by atoms with Crippen LogP contribution in [0, 0.1) is 11.6 Å². The molecule has 0 radical (unpaired) electrons. The van der Waals surface area contributed by atoms with Crippen molar-refractivity contribution in [2.45, 2.75) is 19.5 Å². The number of esters is 1. The Bertz CT molecular complexity index is 1270. The summed E-state index contributed by atoms with van der Waals surface area (Å²) in [7, 11) is 0. The maximum absolute atomic E-state index is 13.9. The number of hydrogen-bond acceptors (Lipinski definition) is 6. The van der Waals surface area contributed by atoms with Crippen molar-refractivity contribution in [2.24, 2.45) is 0 Å². The van der Waals surface area contributed by atoms with Crippen LogP contribution in [0.1, 0.15) is 23.7 Å². The molecule has 1 amide bonds. The van der Waals surface area contributed by atoms with Gasteiger partial charge in [0, 0.05) is 49.0 Å². The van der Waals surface area contributed by atoms with Crippen LogP contribution in [-0.2, 0) is 4.79 Å². The van der Waals surface area contributed by atoms with E-state index in [0.717, 1.165) is 34.9 Å². The minimum atomic E-state index is -5.38. The Morgan fingerprint density at radius 1 is 1.05 bits per heavy atom. The quantitative estimate of drug-likeness (QED) is 0.142. The lowest BCUT2D eigenvalue weighted by Gasteiger charge is -2.24. The highest BCUT2D eigenvalue weighted by atomic mass is 35.5. The summed E-state index contributed by atoms with van der Waals surface area (Å²) in [4.78, 5) is 29.9. The van der Waals surface area contributed by atoms with Crippen molar-refractivity contribution in [1.82, 2.24) is 4.98 Å². The van der Waals surface area contributed by atoms with E-state index in [9.17, 15) is 31.5 Å². The van der Waals surface area contributed by atoms with Gasteiger partial charge in [-0.1, -0.05) is 18.5 Å². The highest BCUT2D eigenvalue weighted by molar-refractivity contribution is 6.33. The number of carbonyl (C=O) groups is 2. The topological polar surface area (TPSA) is 80.8 Å². The number of rotatable bonds is 10. The predicted molar refractivity (Wildman–Crippen MR) is 130 cm³/mol. The molecule has 0 aliphatic rings. The molecule has 7 nitrogen and oxygen atoms in total. The average Bonchev–Trinajstić information content (AvgIpc) is 2.85. The smallest absolute Gasteiger partial charge is 0.491 e. The summed E-state index contributed by atoms with van der Waals surface area (Å²) >= 11 is 6.12. The van der Waals surface area contributed by atoms with Crippen molar-refractivity contribution in [3.8, 4) is 11.5 Å². The SMILES string of the molecule is CCCN(C(=O)c1cc(OCCNc2ccncc2)cc(Cl)c1OC(=O)C(F)(F)F)c1cc(F)cc(F)c1. The van der Waals surface area contributed by atoms with Gasteiger partial charge < -0.3 is 19.7 Å². The maximum atomic E-state index is 13.9. The summed E-state index contributed by atoms with van der Waals surface area (Å²) in [5, 5.41) is 2.53. The van der Waals surface area contributed by atoms with Gasteiger partial charge in [-0.15, -0.1) is 0 Å². The van der Waals surface area contributed by atoms with Crippen LogP contribution in [0.3, 0.4) is 0 Å². The molecule has 38 heavy (non-hydrogen) atoms. The molecular weight excluding hydrogens is 537 g/mol. The normalized spacial score (nSPS) is 11.1. The van der Waals surface area contributed by atoms with Gasteiger partial charge in [-0.3, -0.25) is 9.78 Å². The third kappa shape index (κ3) is 7.54. The number of carbonyl (C=O) groups excluding carboxylic acids is 2. The maximum Gasteiger partial charge on any atom is 0.491 e. The molecule has 0 spiro atoms. The fourth-order valence-electron chi connectivity index (χ4n) is 3.31. The first-order valence-electron chi connectivity index (χ1n) is 11.2. The van der Waals surface area contributed by atoms with Crippen LogP contribution < -0.4 is 19.7 Å². The van der Waals surface area contributed by atoms with Crippen LogP contribution in [0.4, 0.5) is 33.3 Å². The second-order valence-electron chi connectivity index (χ2n) is 7.76. The number of nitrogens with zero attached hydrogens (tertiary/aromatic N) is 2. The summed E-state index contributed by atoms with van der Waals surface area (Å²) < 4.78 is 76.6. The number of benzene rings is 2. The number of anilines is 2. The van der Waals surface area contributed by atoms with Crippen LogP contribution in [0.5, 0.6) is 11.5 Å². The summed E-state index contributed by atoms with van der Waals surface area (Å²) in [6.45, 7) is 1.93. The first-order valence-corrected chi connectivity index (χ1v) is 11.5. The fourth-order valence-corrected chi connectivity index (χ4v) is 3.56. The molecule has 0 atom stereocenters. The molecule has 0 fully saturated rings. The zero-order valence-electron chi connectivity index (χ0n) is 19.8. The zero-order chi connectivity index (χ0) is 27.9. The van der Waals surface area contributed by atoms with Crippen molar-refractivity contribution in [3.05, 3.63) is 77.1 Å². The van der Waals surface area contributed by atoms with E-state index >= 15 is 0 Å². The molecule has 0 bridgehead atoms. The predicted octanol–water partition coefficient (Wildman–Crippen LogP) is 6.03. The van der Waals surface area contributed by atoms with Crippen LogP contribution in [0.25, 0.3) is 0 Å². The van der Waals surface area contributed by atoms with Crippen LogP contribution in [0.2, 0.25) is 5.02 Å². The highest BCUT2D eigenvalue weighted by Gasteiger charge is 2.42. The number of hydrogen-bond donors (Lipinski definition) is 1. The number of amides is 1. The van der Waals surface area contributed by atoms with Crippen molar-refractivity contribution in [2.75, 3.05) is 29.9 Å². The largest absolute Gasteiger partial charge is 0.492 e. The number of aromatic nitrogens is 1. The molecule has 1 aromatic heterocycles. The Kier molecular flexibility index (Phi) is 9.45. The molecular formula is C25H21ClF5N3O4. The molecule has 2 aromatic carbocycles. The number of alkyl halides is 3. The number of halogens is 6. The van der Waals surface area contributed by atoms with Gasteiger partial charge in [0.25, 0.3) is 5.91 Å². The summed E-state index contributed by atoms with van der Waals surface area (Å²) in [6, 6.07) is 7.91. The first-order chi connectivity index (χ1) is 18.0. The van der Waals surface area contributed by atoms with Gasteiger partial charge in [-0.05, 0) is 36.8 Å². The average molecular weight is 558 g/mol. The van der Waals surface area contributed by atoms with E-state index in [-0.39, 0.29) is 24.6 Å². The van der Waals surface area contributed by atoms with Crippen LogP contribution >= 0.6 is 11.6 Å². The third-order valence-electron chi connectivity index (χ3n) is 4.91. The number of pyridine rings is 1. The second kappa shape index (κ2) is 12.5. The number of nitrogens with one attached hydrogen (secondary N) is 1. The van der Waals surface area contributed by atoms with E-state index < -0.39 is 46.0 Å². The highest BCUT2D eigenvalue weighted by Crippen LogP contribution is 2.37. The molecule has 1 N–H and O–H groups in total. The van der Waals surface area contributed by atoms with E-state index in [2.05, 4.69) is 15.0 Å². The van der Waals surface area contributed by atoms with E-state index in [0.29, 0.717) is 19.0 Å². The molecule has 0 aliphatic carbocycles. The lowest BCUT2D eigenvalue weighted by molar-refractivity contribution is -0.189. The Balaban J connectivity index is 1.95. The second-order valence-corrected chi connectivity index (χ2v) is 8.17. The van der Waals surface area contributed by atoms with Crippen LogP contribution in [-0.4, -0.2) is 42.7 Å². The molecule has 202 valence electrons. The minimum Gasteiger partial charge on any atom is -0.492 e. The monoisotopic (exact) mass is 557 g/mol. The first kappa shape index (κ1) is 28.6. The molecule has 0 aliphatic heterocycles. The molecule has 13 heteroatoms. The molecule has 1 heterocycles. The standard InChI is InChI=1S/C25H21ClF5N3O4/c1-2-8-34(18-11-15(27)10-16(28)12-18)23(35)20-13-19(37-9-7-33-17-3-5-32-6-4-17)14-21(26)22(20)38-24(36)25(29,30)31/h3-6,10-14H,2,7-9H2,1H3,(H,32,33). The van der Waals surface area contributed by atoms with Crippen LogP contribution in [0.15, 0.2) is 54.9 Å². The Labute approximate surface area is 219 Å². The van der Waals surface area contributed by atoms with E-state index in [1.165, 1.54) is 0 Å². The van der Waals surface area contributed by atoms with Gasteiger partial charge in [0.15, 0.2) is 5.75 Å². The van der Waals surface area contributed by atoms with E-state index in [1.807, 2.05) is 0 Å². The van der Waals surface area contributed by atoms with Gasteiger partial charge in [0.1, 0.15) is 24.0 Å². The lowest BCUT2D eigenvalue weighted by atomic mass is 10.1. The molecule has 0 saturated heterocycles. The Morgan fingerprint density at radius 2 is 1.71 bits per heavy atom. The summed E-state index contributed by atoms with van der Waals surface area (Å²) in [5.74, 6) is -6.49. The Hall–Kier alpha value is -3.93. The zero-order valence-corrected chi connectivity index (χ0v) is 20.6. The van der Waals surface area contributed by atoms with Crippen molar-refractivity contribution in [3.63, 3.8) is 0 Å². The van der Waals surface area contributed by atoms with E-state index in [4.69, 9.17) is 16.3 Å². The van der Waals surface area contributed by atoms with Gasteiger partial charge in [0.05, 0.1) is 10.6 Å². The molecule has 3 aromatic rings. The fraction of sp³-hybridized carbons (Fsp3) is 0.240.